The van der Waals surface area contributed by atoms with Crippen LogP contribution >= 0.6 is 12.6 Å². The molecule has 37 valence electrons. The van der Waals surface area contributed by atoms with Crippen LogP contribution < -0.4 is 0 Å². The molecule has 0 spiro atoms. The molecule has 1 rings (SSSR count). The fourth-order valence-electron chi connectivity index (χ4n) is 0.357. The van der Waals surface area contributed by atoms with Gasteiger partial charge in [0.1, 0.15) is 0 Å². The van der Waals surface area contributed by atoms with E-state index in [-0.39, 0.29) is 0 Å². The maximum absolute atomic E-state index is 4.71. The lowest BCUT2D eigenvalue weighted by Crippen LogP contribution is -1.64. The summed E-state index contributed by atoms with van der Waals surface area (Å²) in [5, 5.41) is 6.37. The molecular weight excluding hydrogens is 108 g/mol. The Morgan fingerprint density at radius 1 is 1.86 bits per heavy atom. The molecule has 0 aliphatic rings. The minimum absolute atomic E-state index is 0.649. The van der Waals surface area contributed by atoms with E-state index >= 15 is 0 Å². The highest BCUT2D eigenvalue weighted by molar-refractivity contribution is 7.79. The van der Waals surface area contributed by atoms with Crippen molar-refractivity contribution in [2.45, 2.75) is 5.75 Å². The fraction of sp³-hybridized carbons (Fsp3) is 0.250. The number of nitrogens with one attached hydrogen (secondary N) is 1. The van der Waals surface area contributed by atoms with E-state index in [0.717, 1.165) is 5.56 Å². The van der Waals surface area contributed by atoms with Gasteiger partial charge in [0.05, 0.1) is 6.20 Å². The van der Waals surface area contributed by atoms with Gasteiger partial charge in [0.15, 0.2) is 0 Å². The van der Waals surface area contributed by atoms with Gasteiger partial charge in [-0.25, -0.2) is 0 Å². The van der Waals surface area contributed by atoms with Gasteiger partial charge in [-0.2, -0.15) is 5.10 Å². The first kappa shape index (κ1) is 4.71. The van der Waals surface area contributed by atoms with Crippen molar-refractivity contribution >= 4 is 12.6 Å². The molecule has 0 saturated heterocycles. The molecule has 0 aliphatic heterocycles. The first-order valence-electron chi connectivity index (χ1n) is 1.99. The Morgan fingerprint density at radius 3 is 3.00 bits per heavy atom. The average molecular weight is 113 g/mol. The predicted octanol–water partition coefficient (Wildman–Crippen LogP) is 1.11. The van der Waals surface area contributed by atoms with Gasteiger partial charge in [0.2, 0.25) is 0 Å². The molecule has 1 aromatic rings. The lowest BCUT2D eigenvalue weighted by Gasteiger charge is -1.74. The second-order valence-corrected chi connectivity index (χ2v) is 1.54. The molecule has 1 radical (unpaired) electrons. The number of H-pyrrole nitrogens is 1. The molecule has 3 heteroatoms. The number of rotatable bonds is 1. The van der Waals surface area contributed by atoms with Gasteiger partial charge in [-0.05, 0) is 0 Å². The molecule has 1 N–H and O–H groups in total. The van der Waals surface area contributed by atoms with Crippen LogP contribution in [0.3, 0.4) is 0 Å². The number of aromatic amines is 1. The summed E-state index contributed by atoms with van der Waals surface area (Å²) in [4.78, 5) is 0. The van der Waals surface area contributed by atoms with Crippen LogP contribution in [0.2, 0.25) is 0 Å². The van der Waals surface area contributed by atoms with E-state index in [1.54, 1.807) is 12.4 Å². The van der Waals surface area contributed by atoms with Crippen molar-refractivity contribution in [2.75, 3.05) is 0 Å². The number of hydrogen-bond donors (Lipinski definition) is 1. The highest BCUT2D eigenvalue weighted by atomic mass is 32.1. The maximum Gasteiger partial charge on any atom is 0.0527 e. The van der Waals surface area contributed by atoms with Gasteiger partial charge in [0, 0.05) is 17.5 Å². The Labute approximate surface area is 47.3 Å². The van der Waals surface area contributed by atoms with Crippen molar-refractivity contribution in [1.82, 2.24) is 10.2 Å². The van der Waals surface area contributed by atoms with Gasteiger partial charge >= 0.3 is 0 Å². The van der Waals surface area contributed by atoms with Crippen molar-refractivity contribution in [2.24, 2.45) is 0 Å². The molecule has 0 aromatic carbocycles. The van der Waals surface area contributed by atoms with E-state index in [1.807, 2.05) is 0 Å². The Morgan fingerprint density at radius 2 is 2.71 bits per heavy atom. The highest BCUT2D eigenvalue weighted by Gasteiger charge is 1.84. The van der Waals surface area contributed by atoms with Gasteiger partial charge in [-0.3, -0.25) is 5.10 Å². The molecule has 0 aliphatic carbocycles. The van der Waals surface area contributed by atoms with Crippen molar-refractivity contribution in [3.63, 3.8) is 0 Å². The first-order chi connectivity index (χ1) is 3.43. The number of hydrogen-bond acceptors (Lipinski definition) is 1. The van der Waals surface area contributed by atoms with Crippen LogP contribution in [0.4, 0.5) is 0 Å². The summed E-state index contributed by atoms with van der Waals surface area (Å²) in [5.74, 6) is 0.649. The van der Waals surface area contributed by atoms with Gasteiger partial charge in [-0.1, -0.05) is 12.6 Å². The van der Waals surface area contributed by atoms with E-state index in [9.17, 15) is 0 Å². The second-order valence-electron chi connectivity index (χ2n) is 1.25. The quantitative estimate of drug-likeness (QED) is 0.580. The summed E-state index contributed by atoms with van der Waals surface area (Å²) in [6, 6.07) is 0. The van der Waals surface area contributed by atoms with Crippen LogP contribution in [0, 0.1) is 0 Å². The summed E-state index contributed by atoms with van der Waals surface area (Å²) >= 11 is 4.71. The minimum Gasteiger partial charge on any atom is -0.285 e. The normalized spacial score (nSPS) is 9.29. The van der Waals surface area contributed by atoms with E-state index in [0.29, 0.717) is 5.75 Å². The lowest BCUT2D eigenvalue weighted by atomic mass is 10.4. The molecule has 1 aromatic heterocycles. The maximum atomic E-state index is 4.71. The van der Waals surface area contributed by atoms with Crippen LogP contribution in [-0.4, -0.2) is 10.2 Å². The van der Waals surface area contributed by atoms with E-state index < -0.39 is 0 Å². The highest BCUT2D eigenvalue weighted by Crippen LogP contribution is 1.95. The van der Waals surface area contributed by atoms with E-state index in [2.05, 4.69) is 10.2 Å². The average Bonchev–Trinajstić information content (AvgIpc) is 2.14. The van der Waals surface area contributed by atoms with Crippen molar-refractivity contribution in [3.8, 4) is 0 Å². The monoisotopic (exact) mass is 113 g/mol. The van der Waals surface area contributed by atoms with Crippen LogP contribution in [0.15, 0.2) is 12.4 Å². The summed E-state index contributed by atoms with van der Waals surface area (Å²) in [5.41, 5.74) is 1.08. The minimum atomic E-state index is 0.649. The Kier molecular flexibility index (Phi) is 1.36. The lowest BCUT2D eigenvalue weighted by molar-refractivity contribution is 1.09. The van der Waals surface area contributed by atoms with Gasteiger partial charge < -0.3 is 0 Å². The van der Waals surface area contributed by atoms with Crippen LogP contribution in [-0.2, 0) is 5.75 Å². The smallest absolute Gasteiger partial charge is 0.0527 e. The van der Waals surface area contributed by atoms with E-state index in [1.165, 1.54) is 0 Å². The van der Waals surface area contributed by atoms with Crippen molar-refractivity contribution < 1.29 is 0 Å². The SMILES string of the molecule is [S]Cc1cn[nH]c1. The van der Waals surface area contributed by atoms with Crippen LogP contribution in [0.5, 0.6) is 0 Å². The molecule has 0 amide bonds. The summed E-state index contributed by atoms with van der Waals surface area (Å²) < 4.78 is 0. The third-order valence-electron chi connectivity index (χ3n) is 0.722. The molecule has 0 unspecified atom stereocenters. The predicted molar refractivity (Wildman–Crippen MR) is 29.9 cm³/mol. The second kappa shape index (κ2) is 2.02. The van der Waals surface area contributed by atoms with Gasteiger partial charge in [0.25, 0.3) is 0 Å². The molecule has 1 heterocycles. The van der Waals surface area contributed by atoms with Crippen LogP contribution in [0.25, 0.3) is 0 Å². The fourth-order valence-corrected chi connectivity index (χ4v) is 0.514. The molecule has 0 bridgehead atoms. The van der Waals surface area contributed by atoms with Crippen molar-refractivity contribution in [1.29, 1.82) is 0 Å². The van der Waals surface area contributed by atoms with Gasteiger partial charge in [-0.15, -0.1) is 0 Å². The van der Waals surface area contributed by atoms with E-state index in [4.69, 9.17) is 12.6 Å². The standard InChI is InChI=1S/C4H5N2S/c7-3-4-1-5-6-2-4/h1-2H,3H2,(H,5,6). The zero-order valence-corrected chi connectivity index (χ0v) is 4.53. The first-order valence-corrected chi connectivity index (χ1v) is 2.57. The summed E-state index contributed by atoms with van der Waals surface area (Å²) in [6.45, 7) is 0. The molecule has 0 atom stereocenters. The molecule has 0 saturated carbocycles. The third-order valence-corrected chi connectivity index (χ3v) is 1.05. The number of aromatic nitrogens is 2. The van der Waals surface area contributed by atoms with Crippen molar-refractivity contribution in [3.05, 3.63) is 18.0 Å². The Balaban J connectivity index is 2.76. The molecule has 0 fully saturated rings. The summed E-state index contributed by atoms with van der Waals surface area (Å²) in [7, 11) is 0. The third kappa shape index (κ3) is 0.962. The molecular formula is C4H5N2S. The largest absolute Gasteiger partial charge is 0.285 e. The summed E-state index contributed by atoms with van der Waals surface area (Å²) in [6.07, 6.45) is 3.53. The zero-order valence-electron chi connectivity index (χ0n) is 3.72. The molecule has 7 heavy (non-hydrogen) atoms. The Bertz CT molecular complexity index is 124. The van der Waals surface area contributed by atoms with Crippen LogP contribution in [0.1, 0.15) is 5.56 Å². The molecule has 2 nitrogen and oxygen atoms in total. The zero-order chi connectivity index (χ0) is 5.11. The number of nitrogens with zero attached hydrogens (tertiary/aromatic N) is 1. The Hall–Kier alpha value is -0.440. The topological polar surface area (TPSA) is 28.7 Å².